The fourth-order valence-electron chi connectivity index (χ4n) is 3.96. The van der Waals surface area contributed by atoms with E-state index in [4.69, 9.17) is 0 Å². The molecule has 0 unspecified atom stereocenters. The van der Waals surface area contributed by atoms with Crippen LogP contribution in [0.3, 0.4) is 0 Å². The Bertz CT molecular complexity index is 1040. The molecule has 9 nitrogen and oxygen atoms in total. The third-order valence-corrected chi connectivity index (χ3v) is 5.56. The molecule has 0 radical (unpaired) electrons. The third kappa shape index (κ3) is 5.74. The van der Waals surface area contributed by atoms with Gasteiger partial charge in [-0.25, -0.2) is 24.6 Å². The number of anilines is 3. The minimum absolute atomic E-state index is 0.0122. The van der Waals surface area contributed by atoms with Crippen LogP contribution in [0, 0.1) is 5.92 Å². The summed E-state index contributed by atoms with van der Waals surface area (Å²) in [5, 5.41) is 2.86. The van der Waals surface area contributed by atoms with Gasteiger partial charge in [-0.3, -0.25) is 9.69 Å². The zero-order chi connectivity index (χ0) is 23.9. The molecule has 0 atom stereocenters. The Hall–Kier alpha value is -3.85. The molecule has 3 amide bonds. The van der Waals surface area contributed by atoms with E-state index in [0.29, 0.717) is 22.9 Å². The van der Waals surface area contributed by atoms with Crippen molar-refractivity contribution in [2.75, 3.05) is 42.9 Å². The molecule has 1 aliphatic heterocycles. The molecule has 0 aliphatic carbocycles. The summed E-state index contributed by atoms with van der Waals surface area (Å²) in [6.45, 7) is 8.71. The van der Waals surface area contributed by atoms with Gasteiger partial charge >= 0.3 is 6.03 Å². The summed E-state index contributed by atoms with van der Waals surface area (Å²) < 4.78 is 0. The average molecular weight is 460 g/mol. The molecule has 0 saturated carbocycles. The number of para-hydroxylation sites is 1. The Balaban J connectivity index is 1.42. The fraction of sp³-hybridized carbons (Fsp3) is 0.320. The maximum atomic E-state index is 13.1. The molecule has 2 heterocycles. The smallest absolute Gasteiger partial charge is 0.333 e. The largest absolute Gasteiger partial charge is 0.336 e. The second-order valence-electron chi connectivity index (χ2n) is 8.60. The number of aromatic nitrogens is 3. The van der Waals surface area contributed by atoms with Crippen molar-refractivity contribution in [1.82, 2.24) is 24.8 Å². The van der Waals surface area contributed by atoms with E-state index < -0.39 is 6.03 Å². The second-order valence-corrected chi connectivity index (χ2v) is 8.60. The standard InChI is InChI=1S/C25H29N7O2/c1-19(2)16-30-12-14-31(15-13-30)23(33)20-8-10-21(11-9-20)29-25(34)32(22-6-4-3-5-7-22)24-27-17-26-18-28-24/h3-11,17-19H,12-16H2,1-2H3,(H,29,34). The Morgan fingerprint density at radius 1 is 0.941 bits per heavy atom. The molecule has 1 aromatic heterocycles. The van der Waals surface area contributed by atoms with Gasteiger partial charge in [0.25, 0.3) is 5.91 Å². The number of benzene rings is 2. The second kappa shape index (κ2) is 10.8. The lowest BCUT2D eigenvalue weighted by Crippen LogP contribution is -2.49. The summed E-state index contributed by atoms with van der Waals surface area (Å²) >= 11 is 0. The number of rotatable bonds is 6. The van der Waals surface area contributed by atoms with Gasteiger partial charge in [-0.05, 0) is 42.3 Å². The highest BCUT2D eigenvalue weighted by Gasteiger charge is 2.23. The first kappa shape index (κ1) is 23.3. The number of piperazine rings is 1. The van der Waals surface area contributed by atoms with Gasteiger partial charge in [-0.1, -0.05) is 32.0 Å². The highest BCUT2D eigenvalue weighted by atomic mass is 16.2. The van der Waals surface area contributed by atoms with Crippen LogP contribution in [0.1, 0.15) is 24.2 Å². The molecule has 1 saturated heterocycles. The lowest BCUT2D eigenvalue weighted by molar-refractivity contribution is 0.0624. The predicted molar refractivity (Wildman–Crippen MR) is 131 cm³/mol. The number of urea groups is 1. The van der Waals surface area contributed by atoms with Gasteiger partial charge < -0.3 is 10.2 Å². The van der Waals surface area contributed by atoms with Crippen molar-refractivity contribution in [3.63, 3.8) is 0 Å². The highest BCUT2D eigenvalue weighted by molar-refractivity contribution is 6.06. The predicted octanol–water partition coefficient (Wildman–Crippen LogP) is 3.66. The Morgan fingerprint density at radius 2 is 1.59 bits per heavy atom. The summed E-state index contributed by atoms with van der Waals surface area (Å²) in [5.41, 5.74) is 1.79. The number of carbonyl (C=O) groups is 2. The molecule has 1 fully saturated rings. The van der Waals surface area contributed by atoms with Crippen LogP contribution in [0.25, 0.3) is 0 Å². The number of nitrogens with zero attached hydrogens (tertiary/aromatic N) is 6. The Labute approximate surface area is 199 Å². The minimum atomic E-state index is -0.419. The van der Waals surface area contributed by atoms with Crippen LogP contribution in [-0.4, -0.2) is 69.4 Å². The van der Waals surface area contributed by atoms with Crippen LogP contribution in [0.2, 0.25) is 0 Å². The van der Waals surface area contributed by atoms with E-state index in [9.17, 15) is 9.59 Å². The highest BCUT2D eigenvalue weighted by Crippen LogP contribution is 2.23. The monoisotopic (exact) mass is 459 g/mol. The minimum Gasteiger partial charge on any atom is -0.336 e. The molecule has 0 bridgehead atoms. The topological polar surface area (TPSA) is 94.6 Å². The van der Waals surface area contributed by atoms with Gasteiger partial charge in [0.2, 0.25) is 5.95 Å². The van der Waals surface area contributed by atoms with E-state index in [-0.39, 0.29) is 11.9 Å². The van der Waals surface area contributed by atoms with Crippen LogP contribution >= 0.6 is 0 Å². The normalized spacial score (nSPS) is 14.1. The van der Waals surface area contributed by atoms with Crippen molar-refractivity contribution in [2.24, 2.45) is 5.92 Å². The van der Waals surface area contributed by atoms with E-state index in [1.807, 2.05) is 23.1 Å². The molecular formula is C25H29N7O2. The van der Waals surface area contributed by atoms with Crippen LogP contribution < -0.4 is 10.2 Å². The molecule has 9 heteroatoms. The summed E-state index contributed by atoms with van der Waals surface area (Å²) in [5.74, 6) is 0.841. The van der Waals surface area contributed by atoms with Crippen molar-refractivity contribution >= 4 is 29.3 Å². The first-order valence-electron chi connectivity index (χ1n) is 11.4. The van der Waals surface area contributed by atoms with Gasteiger partial charge in [0.05, 0.1) is 5.69 Å². The van der Waals surface area contributed by atoms with Crippen molar-refractivity contribution in [3.05, 3.63) is 72.8 Å². The first-order valence-corrected chi connectivity index (χ1v) is 11.4. The number of amides is 3. The third-order valence-electron chi connectivity index (χ3n) is 5.56. The molecule has 0 spiro atoms. The van der Waals surface area contributed by atoms with Crippen LogP contribution in [-0.2, 0) is 0 Å². The molecule has 34 heavy (non-hydrogen) atoms. The van der Waals surface area contributed by atoms with Gasteiger partial charge in [0, 0.05) is 44.0 Å². The zero-order valence-electron chi connectivity index (χ0n) is 19.5. The molecule has 1 aliphatic rings. The zero-order valence-corrected chi connectivity index (χ0v) is 19.5. The molecule has 176 valence electrons. The van der Waals surface area contributed by atoms with Crippen molar-refractivity contribution in [3.8, 4) is 0 Å². The Morgan fingerprint density at radius 3 is 2.21 bits per heavy atom. The van der Waals surface area contributed by atoms with Gasteiger partial charge in [0.1, 0.15) is 12.7 Å². The van der Waals surface area contributed by atoms with E-state index >= 15 is 0 Å². The number of hydrogen-bond acceptors (Lipinski definition) is 6. The van der Waals surface area contributed by atoms with Crippen LogP contribution in [0.4, 0.5) is 22.1 Å². The van der Waals surface area contributed by atoms with E-state index in [1.165, 1.54) is 17.6 Å². The number of hydrogen-bond donors (Lipinski definition) is 1. The first-order chi connectivity index (χ1) is 16.5. The van der Waals surface area contributed by atoms with Gasteiger partial charge in [-0.2, -0.15) is 0 Å². The molecule has 2 aromatic carbocycles. The fourth-order valence-corrected chi connectivity index (χ4v) is 3.96. The summed E-state index contributed by atoms with van der Waals surface area (Å²) in [6, 6.07) is 15.7. The SMILES string of the molecule is CC(C)CN1CCN(C(=O)c2ccc(NC(=O)N(c3ccccc3)c3ncncn3)cc2)CC1. The maximum Gasteiger partial charge on any atom is 0.333 e. The van der Waals surface area contributed by atoms with Crippen molar-refractivity contribution in [2.45, 2.75) is 13.8 Å². The van der Waals surface area contributed by atoms with Crippen molar-refractivity contribution in [1.29, 1.82) is 0 Å². The quantitative estimate of drug-likeness (QED) is 0.605. The lowest BCUT2D eigenvalue weighted by atomic mass is 10.1. The van der Waals surface area contributed by atoms with E-state index in [0.717, 1.165) is 32.7 Å². The van der Waals surface area contributed by atoms with Crippen molar-refractivity contribution < 1.29 is 9.59 Å². The average Bonchev–Trinajstić information content (AvgIpc) is 2.86. The van der Waals surface area contributed by atoms with Gasteiger partial charge in [-0.15, -0.1) is 0 Å². The number of nitrogens with one attached hydrogen (secondary N) is 1. The molecular weight excluding hydrogens is 430 g/mol. The summed E-state index contributed by atoms with van der Waals surface area (Å²) in [6.07, 6.45) is 2.68. The molecule has 3 aromatic rings. The van der Waals surface area contributed by atoms with Gasteiger partial charge in [0.15, 0.2) is 0 Å². The maximum absolute atomic E-state index is 13.1. The number of carbonyl (C=O) groups excluding carboxylic acids is 2. The van der Waals surface area contributed by atoms with E-state index in [1.54, 1.807) is 36.4 Å². The van der Waals surface area contributed by atoms with E-state index in [2.05, 4.69) is 39.0 Å². The lowest BCUT2D eigenvalue weighted by Gasteiger charge is -2.35. The summed E-state index contributed by atoms with van der Waals surface area (Å²) in [7, 11) is 0. The Kier molecular flexibility index (Phi) is 7.44. The summed E-state index contributed by atoms with van der Waals surface area (Å²) in [4.78, 5) is 43.8. The van der Waals surface area contributed by atoms with Crippen LogP contribution in [0.5, 0.6) is 0 Å². The molecule has 1 N–H and O–H groups in total. The van der Waals surface area contributed by atoms with Crippen LogP contribution in [0.15, 0.2) is 67.3 Å². The molecule has 4 rings (SSSR count).